The molecule has 7 heteroatoms. The van der Waals surface area contributed by atoms with Crippen LogP contribution < -0.4 is 10.1 Å². The first-order chi connectivity index (χ1) is 14.2. The van der Waals surface area contributed by atoms with Gasteiger partial charge in [-0.25, -0.2) is 8.78 Å². The van der Waals surface area contributed by atoms with Crippen molar-refractivity contribution in [3.05, 3.63) is 77.5 Å². The molecule has 0 aliphatic carbocycles. The minimum Gasteiger partial charge on any atom is -0.484 e. The van der Waals surface area contributed by atoms with Crippen LogP contribution >= 0.6 is 0 Å². The van der Waals surface area contributed by atoms with E-state index in [9.17, 15) is 22.0 Å². The van der Waals surface area contributed by atoms with Crippen molar-refractivity contribution in [3.8, 4) is 5.75 Å². The van der Waals surface area contributed by atoms with E-state index >= 15 is 0 Å². The van der Waals surface area contributed by atoms with Gasteiger partial charge in [-0.3, -0.25) is 0 Å². The molecule has 0 saturated carbocycles. The molecule has 0 saturated heterocycles. The number of alkyl halides is 3. The summed E-state index contributed by atoms with van der Waals surface area (Å²) >= 11 is 0. The molecule has 0 fully saturated rings. The Morgan fingerprint density at radius 1 is 1.07 bits per heavy atom. The summed E-state index contributed by atoms with van der Waals surface area (Å²) in [5, 5.41) is 2.97. The first-order valence-corrected chi connectivity index (χ1v) is 9.59. The van der Waals surface area contributed by atoms with Crippen LogP contribution in [0, 0.1) is 17.6 Å². The molecule has 0 spiro atoms. The van der Waals surface area contributed by atoms with Crippen molar-refractivity contribution in [3.63, 3.8) is 0 Å². The number of allylic oxidation sites excluding steroid dienone is 2. The monoisotopic (exact) mass is 425 g/mol. The summed E-state index contributed by atoms with van der Waals surface area (Å²) in [4.78, 5) is 0. The number of benzene rings is 2. The molecule has 3 rings (SSSR count). The summed E-state index contributed by atoms with van der Waals surface area (Å²) < 4.78 is 70.8. The maximum Gasteiger partial charge on any atom is 0.422 e. The van der Waals surface area contributed by atoms with E-state index in [2.05, 4.69) is 16.6 Å². The van der Waals surface area contributed by atoms with Crippen molar-refractivity contribution in [2.24, 2.45) is 5.92 Å². The van der Waals surface area contributed by atoms with E-state index < -0.39 is 30.2 Å². The van der Waals surface area contributed by atoms with Crippen LogP contribution in [0.1, 0.15) is 38.3 Å². The zero-order valence-corrected chi connectivity index (χ0v) is 17.0. The highest BCUT2D eigenvalue weighted by Crippen LogP contribution is 2.39. The molecule has 2 aromatic carbocycles. The SMILES string of the molecule is C=C1NC(c2c(F)cc(OCC(F)(F)F)cc2F)=C(c2ccccc2)CC1C.CC. The average molecular weight is 425 g/mol. The highest BCUT2D eigenvalue weighted by molar-refractivity contribution is 5.92. The molecule has 2 nitrogen and oxygen atoms in total. The molecular formula is C23H24F5NO. The normalized spacial score (nSPS) is 16.5. The van der Waals surface area contributed by atoms with Gasteiger partial charge in [0.15, 0.2) is 6.61 Å². The van der Waals surface area contributed by atoms with Gasteiger partial charge in [-0.15, -0.1) is 0 Å². The average Bonchev–Trinajstić information content (AvgIpc) is 2.70. The van der Waals surface area contributed by atoms with E-state index in [-0.39, 0.29) is 17.2 Å². The maximum absolute atomic E-state index is 14.7. The number of halogens is 5. The predicted octanol–water partition coefficient (Wildman–Crippen LogP) is 6.94. The van der Waals surface area contributed by atoms with Gasteiger partial charge in [0.25, 0.3) is 0 Å². The van der Waals surface area contributed by atoms with E-state index in [0.717, 1.165) is 17.7 Å². The van der Waals surface area contributed by atoms with Gasteiger partial charge in [-0.1, -0.05) is 57.7 Å². The Bertz CT molecular complexity index is 896. The van der Waals surface area contributed by atoms with Crippen LogP contribution in [0.5, 0.6) is 5.75 Å². The van der Waals surface area contributed by atoms with Crippen molar-refractivity contribution in [2.45, 2.75) is 33.4 Å². The molecule has 0 aromatic heterocycles. The van der Waals surface area contributed by atoms with Crippen LogP contribution in [0.25, 0.3) is 11.3 Å². The lowest BCUT2D eigenvalue weighted by Crippen LogP contribution is -2.25. The van der Waals surface area contributed by atoms with Gasteiger partial charge in [0, 0.05) is 17.8 Å². The van der Waals surface area contributed by atoms with E-state index in [1.165, 1.54) is 0 Å². The molecule has 0 amide bonds. The molecule has 0 bridgehead atoms. The number of hydrogen-bond donors (Lipinski definition) is 1. The van der Waals surface area contributed by atoms with Crippen LogP contribution in [0.4, 0.5) is 22.0 Å². The van der Waals surface area contributed by atoms with E-state index in [1.807, 2.05) is 51.1 Å². The molecule has 1 atom stereocenters. The van der Waals surface area contributed by atoms with Gasteiger partial charge in [-0.05, 0) is 23.5 Å². The van der Waals surface area contributed by atoms with Crippen LogP contribution in [0.15, 0.2) is 54.7 Å². The quantitative estimate of drug-likeness (QED) is 0.536. The van der Waals surface area contributed by atoms with Gasteiger partial charge in [0.1, 0.15) is 17.4 Å². The van der Waals surface area contributed by atoms with E-state index in [4.69, 9.17) is 0 Å². The molecule has 1 aliphatic rings. The molecule has 2 aromatic rings. The predicted molar refractivity (Wildman–Crippen MR) is 109 cm³/mol. The Balaban J connectivity index is 0.00000155. The van der Waals surface area contributed by atoms with E-state index in [1.54, 1.807) is 0 Å². The summed E-state index contributed by atoms with van der Waals surface area (Å²) in [7, 11) is 0. The van der Waals surface area contributed by atoms with Gasteiger partial charge < -0.3 is 10.1 Å². The number of nitrogens with one attached hydrogen (secondary N) is 1. The zero-order valence-electron chi connectivity index (χ0n) is 17.0. The minimum absolute atomic E-state index is 0.0412. The maximum atomic E-state index is 14.7. The van der Waals surface area contributed by atoms with Gasteiger partial charge >= 0.3 is 6.18 Å². The Morgan fingerprint density at radius 2 is 1.63 bits per heavy atom. The second-order valence-corrected chi connectivity index (χ2v) is 6.64. The Hall–Kier alpha value is -2.83. The minimum atomic E-state index is -4.60. The molecule has 1 aliphatic heterocycles. The smallest absolute Gasteiger partial charge is 0.422 e. The Morgan fingerprint density at radius 3 is 2.17 bits per heavy atom. The van der Waals surface area contributed by atoms with Gasteiger partial charge in [0.05, 0.1) is 11.3 Å². The second-order valence-electron chi connectivity index (χ2n) is 6.64. The highest BCUT2D eigenvalue weighted by Gasteiger charge is 2.30. The molecule has 0 radical (unpaired) electrons. The highest BCUT2D eigenvalue weighted by atomic mass is 19.4. The van der Waals surface area contributed by atoms with Crippen LogP contribution in [0.2, 0.25) is 0 Å². The Kier molecular flexibility index (Phi) is 7.65. The molecule has 30 heavy (non-hydrogen) atoms. The first kappa shape index (κ1) is 23.4. The van der Waals surface area contributed by atoms with Gasteiger partial charge in [-0.2, -0.15) is 13.2 Å². The van der Waals surface area contributed by atoms with E-state index in [0.29, 0.717) is 17.7 Å². The molecule has 1 N–H and O–H groups in total. The lowest BCUT2D eigenvalue weighted by atomic mass is 9.86. The van der Waals surface area contributed by atoms with Crippen molar-refractivity contribution >= 4 is 11.3 Å². The third-order valence-corrected chi connectivity index (χ3v) is 4.48. The largest absolute Gasteiger partial charge is 0.484 e. The topological polar surface area (TPSA) is 21.3 Å². The van der Waals surface area contributed by atoms with Crippen LogP contribution in [0.3, 0.4) is 0 Å². The molecular weight excluding hydrogens is 401 g/mol. The third kappa shape index (κ3) is 5.62. The van der Waals surface area contributed by atoms with Crippen LogP contribution in [-0.4, -0.2) is 12.8 Å². The Labute approximate surface area is 173 Å². The van der Waals surface area contributed by atoms with Gasteiger partial charge in [0.2, 0.25) is 0 Å². The molecule has 1 unspecified atom stereocenters. The summed E-state index contributed by atoms with van der Waals surface area (Å²) in [6.07, 6.45) is -4.09. The standard InChI is InChI=1S/C21H18F5NO.C2H6/c1-12-8-16(14-6-4-3-5-7-14)20(27-13(12)2)19-17(22)9-15(10-18(19)23)28-11-21(24,25)26;1-2/h3-7,9-10,12,27H,2,8,11H2,1H3;1-2H3. The van der Waals surface area contributed by atoms with Crippen molar-refractivity contribution in [2.75, 3.05) is 6.61 Å². The fourth-order valence-electron chi connectivity index (χ4n) is 3.04. The van der Waals surface area contributed by atoms with Crippen molar-refractivity contribution in [1.82, 2.24) is 5.32 Å². The number of rotatable bonds is 4. The number of ether oxygens (including phenoxy) is 1. The van der Waals surface area contributed by atoms with Crippen molar-refractivity contribution < 1.29 is 26.7 Å². The molecule has 162 valence electrons. The first-order valence-electron chi connectivity index (χ1n) is 9.59. The summed E-state index contributed by atoms with van der Waals surface area (Å²) in [5.74, 6) is -2.52. The zero-order chi connectivity index (χ0) is 22.5. The molecule has 1 heterocycles. The lowest BCUT2D eigenvalue weighted by Gasteiger charge is -2.29. The second kappa shape index (κ2) is 9.78. The summed E-state index contributed by atoms with van der Waals surface area (Å²) in [6, 6.07) is 10.6. The fourth-order valence-corrected chi connectivity index (χ4v) is 3.04. The number of hydrogen-bond acceptors (Lipinski definition) is 2. The van der Waals surface area contributed by atoms with Crippen molar-refractivity contribution in [1.29, 1.82) is 0 Å². The third-order valence-electron chi connectivity index (χ3n) is 4.48. The summed E-state index contributed by atoms with van der Waals surface area (Å²) in [5.41, 5.74) is 1.95. The van der Waals surface area contributed by atoms with Crippen LogP contribution in [-0.2, 0) is 0 Å². The lowest BCUT2D eigenvalue weighted by molar-refractivity contribution is -0.153. The summed E-state index contributed by atoms with van der Waals surface area (Å²) in [6.45, 7) is 8.20. The fraction of sp³-hybridized carbons (Fsp3) is 0.304.